The van der Waals surface area contributed by atoms with Crippen LogP contribution < -0.4 is 5.32 Å². The van der Waals surface area contributed by atoms with E-state index in [4.69, 9.17) is 0 Å². The van der Waals surface area contributed by atoms with Crippen molar-refractivity contribution >= 4 is 11.6 Å². The van der Waals surface area contributed by atoms with E-state index in [-0.39, 0.29) is 12.1 Å². The van der Waals surface area contributed by atoms with Gasteiger partial charge in [-0.1, -0.05) is 6.92 Å². The lowest BCUT2D eigenvalue weighted by Gasteiger charge is -2.21. The van der Waals surface area contributed by atoms with Crippen LogP contribution in [0.2, 0.25) is 0 Å². The Kier molecular flexibility index (Phi) is 4.55. The molecule has 19 heavy (non-hydrogen) atoms. The number of carbonyl (C=O) groups excluding carboxylic acids is 1. The maximum atomic E-state index is 12.9. The molecule has 0 radical (unpaired) electrons. The third kappa shape index (κ3) is 3.99. The number of nitrogens with one attached hydrogen (secondary N) is 1. The number of nitro groups is 1. The molecule has 2 N–H and O–H groups in total. The van der Waals surface area contributed by atoms with Gasteiger partial charge in [-0.15, -0.1) is 0 Å². The molecule has 0 saturated heterocycles. The summed E-state index contributed by atoms with van der Waals surface area (Å²) in [4.78, 5) is 21.7. The molecule has 7 heteroatoms. The SMILES string of the molecule is CCC(C)(O)CNC(=O)c1ccc(F)cc1[N+](=O)[O-]. The Balaban J connectivity index is 2.91. The lowest BCUT2D eigenvalue weighted by atomic mass is 10.0. The predicted molar refractivity (Wildman–Crippen MR) is 66.3 cm³/mol. The number of benzene rings is 1. The third-order valence-corrected chi connectivity index (χ3v) is 2.79. The van der Waals surface area contributed by atoms with Gasteiger partial charge in [0.15, 0.2) is 0 Å². The van der Waals surface area contributed by atoms with Gasteiger partial charge in [-0.2, -0.15) is 0 Å². The van der Waals surface area contributed by atoms with Gasteiger partial charge in [0.25, 0.3) is 11.6 Å². The summed E-state index contributed by atoms with van der Waals surface area (Å²) in [5, 5.41) is 22.9. The summed E-state index contributed by atoms with van der Waals surface area (Å²) < 4.78 is 12.9. The minimum atomic E-state index is -1.09. The van der Waals surface area contributed by atoms with Crippen LogP contribution in [0.25, 0.3) is 0 Å². The van der Waals surface area contributed by atoms with Gasteiger partial charge in [-0.3, -0.25) is 14.9 Å². The molecule has 104 valence electrons. The quantitative estimate of drug-likeness (QED) is 0.628. The molecule has 0 aliphatic rings. The average Bonchev–Trinajstić information content (AvgIpc) is 2.36. The number of aliphatic hydroxyl groups is 1. The molecular formula is C12H15FN2O4. The fraction of sp³-hybridized carbons (Fsp3) is 0.417. The fourth-order valence-electron chi connectivity index (χ4n) is 1.34. The van der Waals surface area contributed by atoms with Gasteiger partial charge in [-0.25, -0.2) is 4.39 Å². The number of nitro benzene ring substituents is 1. The summed E-state index contributed by atoms with van der Waals surface area (Å²) in [6.07, 6.45) is 0.415. The van der Waals surface area contributed by atoms with Gasteiger partial charge in [0.05, 0.1) is 16.6 Å². The summed E-state index contributed by atoms with van der Waals surface area (Å²) in [6, 6.07) is 2.70. The van der Waals surface area contributed by atoms with E-state index in [1.54, 1.807) is 6.92 Å². The second-order valence-corrected chi connectivity index (χ2v) is 4.45. The third-order valence-electron chi connectivity index (χ3n) is 2.79. The molecule has 1 atom stereocenters. The first-order valence-electron chi connectivity index (χ1n) is 5.71. The molecule has 6 nitrogen and oxygen atoms in total. The molecule has 1 aromatic carbocycles. The lowest BCUT2D eigenvalue weighted by molar-refractivity contribution is -0.385. The number of halogens is 1. The highest BCUT2D eigenvalue weighted by atomic mass is 19.1. The van der Waals surface area contributed by atoms with Crippen LogP contribution in [-0.4, -0.2) is 28.1 Å². The first-order valence-corrected chi connectivity index (χ1v) is 5.71. The van der Waals surface area contributed by atoms with Crippen molar-refractivity contribution < 1.29 is 19.2 Å². The van der Waals surface area contributed by atoms with Crippen LogP contribution in [0.4, 0.5) is 10.1 Å². The summed E-state index contributed by atoms with van der Waals surface area (Å²) in [6.45, 7) is 3.23. The lowest BCUT2D eigenvalue weighted by Crippen LogP contribution is -2.40. The largest absolute Gasteiger partial charge is 0.388 e. The highest BCUT2D eigenvalue weighted by molar-refractivity contribution is 5.98. The maximum absolute atomic E-state index is 12.9. The molecule has 0 aliphatic heterocycles. The van der Waals surface area contributed by atoms with Crippen LogP contribution in [0, 0.1) is 15.9 Å². The van der Waals surface area contributed by atoms with Crippen molar-refractivity contribution in [3.63, 3.8) is 0 Å². The Labute approximate surface area is 109 Å². The van der Waals surface area contributed by atoms with Crippen molar-refractivity contribution in [2.24, 2.45) is 0 Å². The highest BCUT2D eigenvalue weighted by Gasteiger charge is 2.23. The van der Waals surface area contributed by atoms with E-state index in [2.05, 4.69) is 5.32 Å². The maximum Gasteiger partial charge on any atom is 0.285 e. The van der Waals surface area contributed by atoms with Crippen molar-refractivity contribution in [2.45, 2.75) is 25.9 Å². The van der Waals surface area contributed by atoms with E-state index in [1.807, 2.05) is 0 Å². The second kappa shape index (κ2) is 5.75. The van der Waals surface area contributed by atoms with Crippen molar-refractivity contribution in [1.82, 2.24) is 5.32 Å². The van der Waals surface area contributed by atoms with E-state index in [0.29, 0.717) is 12.5 Å². The van der Waals surface area contributed by atoms with Crippen molar-refractivity contribution in [2.75, 3.05) is 6.54 Å². The first kappa shape index (κ1) is 15.0. The molecule has 1 amide bonds. The Morgan fingerprint density at radius 2 is 2.21 bits per heavy atom. The highest BCUT2D eigenvalue weighted by Crippen LogP contribution is 2.19. The Hall–Kier alpha value is -2.02. The van der Waals surface area contributed by atoms with Gasteiger partial charge in [-0.05, 0) is 25.5 Å². The van der Waals surface area contributed by atoms with Crippen LogP contribution in [0.5, 0.6) is 0 Å². The zero-order valence-electron chi connectivity index (χ0n) is 10.6. The van der Waals surface area contributed by atoms with Crippen molar-refractivity contribution in [1.29, 1.82) is 0 Å². The first-order chi connectivity index (χ1) is 8.76. The van der Waals surface area contributed by atoms with Crippen LogP contribution in [0.3, 0.4) is 0 Å². The zero-order valence-corrected chi connectivity index (χ0v) is 10.6. The predicted octanol–water partition coefficient (Wildman–Crippen LogP) is 1.62. The second-order valence-electron chi connectivity index (χ2n) is 4.45. The van der Waals surface area contributed by atoms with Gasteiger partial charge in [0.1, 0.15) is 11.4 Å². The van der Waals surface area contributed by atoms with E-state index >= 15 is 0 Å². The normalized spacial score (nSPS) is 13.7. The van der Waals surface area contributed by atoms with Crippen LogP contribution in [0.15, 0.2) is 18.2 Å². The number of hydrogen-bond acceptors (Lipinski definition) is 4. The van der Waals surface area contributed by atoms with Crippen LogP contribution in [-0.2, 0) is 0 Å². The molecule has 1 aromatic rings. The van der Waals surface area contributed by atoms with Crippen molar-refractivity contribution in [3.8, 4) is 0 Å². The van der Waals surface area contributed by atoms with E-state index in [9.17, 15) is 24.4 Å². The Morgan fingerprint density at radius 3 is 2.74 bits per heavy atom. The van der Waals surface area contributed by atoms with Crippen LogP contribution in [0.1, 0.15) is 30.6 Å². The minimum Gasteiger partial charge on any atom is -0.388 e. The molecule has 1 unspecified atom stereocenters. The average molecular weight is 270 g/mol. The number of nitrogens with zero attached hydrogens (tertiary/aromatic N) is 1. The molecular weight excluding hydrogens is 255 g/mol. The number of carbonyl (C=O) groups is 1. The summed E-state index contributed by atoms with van der Waals surface area (Å²) >= 11 is 0. The Bertz CT molecular complexity index is 503. The summed E-state index contributed by atoms with van der Waals surface area (Å²) in [5.41, 5.74) is -1.93. The van der Waals surface area contributed by atoms with Crippen LogP contribution >= 0.6 is 0 Å². The molecule has 0 fully saturated rings. The van der Waals surface area contributed by atoms with Gasteiger partial charge < -0.3 is 10.4 Å². The molecule has 0 heterocycles. The monoisotopic (exact) mass is 270 g/mol. The molecule has 0 bridgehead atoms. The number of amides is 1. The summed E-state index contributed by atoms with van der Waals surface area (Å²) in [5.74, 6) is -1.51. The van der Waals surface area contributed by atoms with E-state index in [0.717, 1.165) is 12.1 Å². The molecule has 0 spiro atoms. The minimum absolute atomic E-state index is 0.0448. The zero-order chi connectivity index (χ0) is 14.6. The summed E-state index contributed by atoms with van der Waals surface area (Å²) in [7, 11) is 0. The number of hydrogen-bond donors (Lipinski definition) is 2. The number of rotatable bonds is 5. The van der Waals surface area contributed by atoms with Gasteiger partial charge in [0.2, 0.25) is 0 Å². The topological polar surface area (TPSA) is 92.5 Å². The van der Waals surface area contributed by atoms with Crippen molar-refractivity contribution in [3.05, 3.63) is 39.7 Å². The van der Waals surface area contributed by atoms with E-state index in [1.165, 1.54) is 6.92 Å². The fourth-order valence-corrected chi connectivity index (χ4v) is 1.34. The van der Waals surface area contributed by atoms with E-state index < -0.39 is 27.9 Å². The molecule has 0 aromatic heterocycles. The molecule has 0 saturated carbocycles. The van der Waals surface area contributed by atoms with Gasteiger partial charge >= 0.3 is 0 Å². The molecule has 1 rings (SSSR count). The smallest absolute Gasteiger partial charge is 0.285 e. The standard InChI is InChI=1S/C12H15FN2O4/c1-3-12(2,17)7-14-11(16)9-5-4-8(13)6-10(9)15(18)19/h4-6,17H,3,7H2,1-2H3,(H,14,16). The molecule has 0 aliphatic carbocycles. The van der Waals surface area contributed by atoms with Gasteiger partial charge in [0, 0.05) is 6.54 Å². The Morgan fingerprint density at radius 1 is 1.58 bits per heavy atom.